The van der Waals surface area contributed by atoms with Crippen LogP contribution in [0.15, 0.2) is 48.5 Å². The zero-order valence-corrected chi connectivity index (χ0v) is 17.0. The fourth-order valence-corrected chi connectivity index (χ4v) is 2.77. The lowest BCUT2D eigenvalue weighted by Crippen LogP contribution is -2.23. The topological polar surface area (TPSA) is 67.8 Å². The molecule has 2 aromatic rings. The predicted molar refractivity (Wildman–Crippen MR) is 111 cm³/mol. The van der Waals surface area contributed by atoms with Gasteiger partial charge in [-0.05, 0) is 54.8 Å². The highest BCUT2D eigenvalue weighted by Crippen LogP contribution is 2.17. The molecule has 1 unspecified atom stereocenters. The molecule has 0 spiro atoms. The van der Waals surface area contributed by atoms with Crippen LogP contribution in [0.5, 0.6) is 5.75 Å². The third-order valence-electron chi connectivity index (χ3n) is 4.20. The molecule has 6 heteroatoms. The summed E-state index contributed by atoms with van der Waals surface area (Å²) in [6.07, 6.45) is 2.09. The molecule has 0 aliphatic carbocycles. The minimum Gasteiger partial charge on any atom is -0.482 e. The molecular formula is C22H28ClNO4. The van der Waals surface area contributed by atoms with Gasteiger partial charge in [-0.2, -0.15) is 0 Å². The molecular weight excluding hydrogens is 378 g/mol. The Kier molecular flexibility index (Phi) is 9.83. The van der Waals surface area contributed by atoms with Crippen LogP contribution < -0.4 is 10.1 Å². The molecule has 0 bridgehead atoms. The van der Waals surface area contributed by atoms with Gasteiger partial charge in [-0.25, -0.2) is 4.79 Å². The summed E-state index contributed by atoms with van der Waals surface area (Å²) in [5, 5.41) is 14.0. The lowest BCUT2D eigenvalue weighted by Gasteiger charge is -2.12. The Morgan fingerprint density at radius 3 is 2.71 bits per heavy atom. The number of rotatable bonds is 12. The van der Waals surface area contributed by atoms with Gasteiger partial charge in [-0.3, -0.25) is 0 Å². The van der Waals surface area contributed by atoms with Crippen LogP contribution in [0.3, 0.4) is 0 Å². The highest BCUT2D eigenvalue weighted by Gasteiger charge is 2.07. The van der Waals surface area contributed by atoms with Gasteiger partial charge in [0.2, 0.25) is 0 Å². The van der Waals surface area contributed by atoms with Crippen LogP contribution >= 0.6 is 11.6 Å². The van der Waals surface area contributed by atoms with Crippen LogP contribution in [-0.2, 0) is 16.0 Å². The fraction of sp³-hybridized carbons (Fsp3) is 0.409. The zero-order chi connectivity index (χ0) is 20.2. The number of unbranched alkanes of at least 4 members (excludes halogenated alkanes) is 1. The summed E-state index contributed by atoms with van der Waals surface area (Å²) in [6, 6.07) is 14.9. The minimum absolute atomic E-state index is 0.0774. The first-order valence-electron chi connectivity index (χ1n) is 9.60. The normalized spacial score (nSPS) is 11.8. The van der Waals surface area contributed by atoms with Gasteiger partial charge in [-0.1, -0.05) is 49.2 Å². The van der Waals surface area contributed by atoms with E-state index in [9.17, 15) is 9.90 Å². The van der Waals surface area contributed by atoms with E-state index in [4.69, 9.17) is 21.1 Å². The largest absolute Gasteiger partial charge is 0.482 e. The van der Waals surface area contributed by atoms with Gasteiger partial charge >= 0.3 is 5.97 Å². The third-order valence-corrected chi connectivity index (χ3v) is 4.44. The van der Waals surface area contributed by atoms with Gasteiger partial charge in [-0.15, -0.1) is 0 Å². The summed E-state index contributed by atoms with van der Waals surface area (Å²) >= 11 is 5.94. The van der Waals surface area contributed by atoms with E-state index in [-0.39, 0.29) is 12.6 Å². The number of aliphatic hydroxyl groups is 1. The molecule has 0 radical (unpaired) electrons. The molecule has 0 saturated heterocycles. The molecule has 0 aromatic heterocycles. The van der Waals surface area contributed by atoms with Crippen LogP contribution in [0.2, 0.25) is 5.02 Å². The van der Waals surface area contributed by atoms with Gasteiger partial charge in [0.25, 0.3) is 0 Å². The molecule has 2 rings (SSSR count). The van der Waals surface area contributed by atoms with Crippen LogP contribution in [0.4, 0.5) is 0 Å². The number of nitrogens with one attached hydrogen (secondary N) is 1. The number of ether oxygens (including phenoxy) is 2. The van der Waals surface area contributed by atoms with Gasteiger partial charge in [0.1, 0.15) is 5.75 Å². The maximum absolute atomic E-state index is 11.5. The van der Waals surface area contributed by atoms with Crippen molar-refractivity contribution in [3.63, 3.8) is 0 Å². The molecule has 2 aromatic carbocycles. The van der Waals surface area contributed by atoms with E-state index in [2.05, 4.69) is 5.32 Å². The van der Waals surface area contributed by atoms with Crippen LogP contribution in [0.25, 0.3) is 0 Å². The summed E-state index contributed by atoms with van der Waals surface area (Å²) in [5.41, 5.74) is 1.94. The molecule has 0 saturated carbocycles. The van der Waals surface area contributed by atoms with E-state index >= 15 is 0 Å². The number of carbonyl (C=O) groups excluding carboxylic acids is 1. The molecule has 1 atom stereocenters. The smallest absolute Gasteiger partial charge is 0.344 e. The molecule has 0 amide bonds. The summed E-state index contributed by atoms with van der Waals surface area (Å²) in [7, 11) is 0. The quantitative estimate of drug-likeness (QED) is 0.413. The maximum atomic E-state index is 11.5. The number of carbonyl (C=O) groups is 1. The lowest BCUT2D eigenvalue weighted by atomic mass is 10.1. The third kappa shape index (κ3) is 8.30. The summed E-state index contributed by atoms with van der Waals surface area (Å²) in [5.74, 6) is 0.292. The maximum Gasteiger partial charge on any atom is 0.344 e. The first-order valence-corrected chi connectivity index (χ1v) is 9.98. The molecule has 0 fully saturated rings. The first kappa shape index (κ1) is 22.2. The van der Waals surface area contributed by atoms with Crippen molar-refractivity contribution in [1.29, 1.82) is 0 Å². The Bertz CT molecular complexity index is 721. The van der Waals surface area contributed by atoms with Crippen LogP contribution in [0.1, 0.15) is 37.0 Å². The van der Waals surface area contributed by atoms with Gasteiger partial charge in [0, 0.05) is 11.6 Å². The van der Waals surface area contributed by atoms with Gasteiger partial charge < -0.3 is 19.9 Å². The van der Waals surface area contributed by atoms with Crippen molar-refractivity contribution in [1.82, 2.24) is 5.32 Å². The summed E-state index contributed by atoms with van der Waals surface area (Å²) in [6.45, 7) is 3.61. The molecule has 0 aliphatic heterocycles. The monoisotopic (exact) mass is 405 g/mol. The average Bonchev–Trinajstić information content (AvgIpc) is 2.70. The van der Waals surface area contributed by atoms with E-state index in [1.807, 2.05) is 43.3 Å². The van der Waals surface area contributed by atoms with Crippen molar-refractivity contribution in [2.24, 2.45) is 0 Å². The second-order valence-electron chi connectivity index (χ2n) is 6.53. The average molecular weight is 406 g/mol. The van der Waals surface area contributed by atoms with Crippen molar-refractivity contribution in [2.45, 2.75) is 32.3 Å². The fourth-order valence-electron chi connectivity index (χ4n) is 2.57. The van der Waals surface area contributed by atoms with E-state index < -0.39 is 6.10 Å². The second kappa shape index (κ2) is 12.4. The van der Waals surface area contributed by atoms with Gasteiger partial charge in [0.15, 0.2) is 6.61 Å². The van der Waals surface area contributed by atoms with Crippen molar-refractivity contribution in [2.75, 3.05) is 26.3 Å². The molecule has 2 N–H and O–H groups in total. The zero-order valence-electron chi connectivity index (χ0n) is 16.2. The Balaban J connectivity index is 1.65. The van der Waals surface area contributed by atoms with E-state index in [1.54, 1.807) is 12.1 Å². The van der Waals surface area contributed by atoms with Crippen molar-refractivity contribution < 1.29 is 19.4 Å². The predicted octanol–water partition coefficient (Wildman–Crippen LogP) is 3.93. The molecule has 28 heavy (non-hydrogen) atoms. The number of benzene rings is 2. The minimum atomic E-state index is -0.591. The molecule has 5 nitrogen and oxygen atoms in total. The molecule has 0 heterocycles. The van der Waals surface area contributed by atoms with Crippen molar-refractivity contribution in [3.8, 4) is 5.75 Å². The number of aliphatic hydroxyl groups excluding tert-OH is 1. The SMILES string of the molecule is CCCCOC(=O)COc1ccc(CCNCC(O)c2cccc(Cl)c2)cc1. The highest BCUT2D eigenvalue weighted by atomic mass is 35.5. The Morgan fingerprint density at radius 2 is 2.00 bits per heavy atom. The number of esters is 1. The van der Waals surface area contributed by atoms with Crippen molar-refractivity contribution in [3.05, 3.63) is 64.7 Å². The van der Waals surface area contributed by atoms with E-state index in [0.717, 1.165) is 36.9 Å². The second-order valence-corrected chi connectivity index (χ2v) is 6.97. The summed E-state index contributed by atoms with van der Waals surface area (Å²) in [4.78, 5) is 11.5. The molecule has 152 valence electrons. The number of halogens is 1. The number of hydrogen-bond donors (Lipinski definition) is 2. The number of hydrogen-bond acceptors (Lipinski definition) is 5. The van der Waals surface area contributed by atoms with Gasteiger partial charge in [0.05, 0.1) is 12.7 Å². The standard InChI is InChI=1S/C22H28ClNO4/c1-2-3-13-27-22(26)16-28-20-9-7-17(8-10-20)11-12-24-15-21(25)18-5-4-6-19(23)14-18/h4-10,14,21,24-25H,2-3,11-13,15-16H2,1H3. The van der Waals surface area contributed by atoms with Crippen LogP contribution in [0, 0.1) is 0 Å². The highest BCUT2D eigenvalue weighted by molar-refractivity contribution is 6.30. The van der Waals surface area contributed by atoms with E-state index in [1.165, 1.54) is 0 Å². The van der Waals surface area contributed by atoms with Crippen molar-refractivity contribution >= 4 is 17.6 Å². The van der Waals surface area contributed by atoms with E-state index in [0.29, 0.717) is 23.9 Å². The molecule has 0 aliphatic rings. The Hall–Kier alpha value is -2.08. The first-order chi connectivity index (χ1) is 13.6. The Morgan fingerprint density at radius 1 is 1.21 bits per heavy atom. The summed E-state index contributed by atoms with van der Waals surface area (Å²) < 4.78 is 10.5. The van der Waals surface area contributed by atoms with Crippen LogP contribution in [-0.4, -0.2) is 37.4 Å². The Labute approximate surface area is 171 Å². The lowest BCUT2D eigenvalue weighted by molar-refractivity contribution is -0.146.